The number of nitrogens with zero attached hydrogens (tertiary/aromatic N) is 2. The van der Waals surface area contributed by atoms with Gasteiger partial charge in [-0.05, 0) is 50.4 Å². The molecule has 0 radical (unpaired) electrons. The summed E-state index contributed by atoms with van der Waals surface area (Å²) >= 11 is 0. The van der Waals surface area contributed by atoms with Gasteiger partial charge in [0.2, 0.25) is 0 Å². The normalized spacial score (nSPS) is 28.8. The van der Waals surface area contributed by atoms with Crippen molar-refractivity contribution < 1.29 is 32.3 Å². The maximum Gasteiger partial charge on any atom is 0.326 e. The summed E-state index contributed by atoms with van der Waals surface area (Å²) in [6.45, 7) is 7.49. The van der Waals surface area contributed by atoms with Crippen molar-refractivity contribution in [2.24, 2.45) is 11.3 Å². The average molecular weight is 500 g/mol. The standard InChI is InChI=1S/C23H37N3O7S/c1-5-22(3,4)16-7-10-23(11-8-16)20(29)26(21(30)24-23)13-19(28)33-14-18(27)25(6-2)17-9-12-34(31,32)15-17/h16-17H,5-15H2,1-4H3,(H,24,30). The number of carbonyl (C=O) groups is 4. The summed E-state index contributed by atoms with van der Waals surface area (Å²) in [4.78, 5) is 52.7. The highest BCUT2D eigenvalue weighted by Crippen LogP contribution is 2.45. The van der Waals surface area contributed by atoms with E-state index in [1.807, 2.05) is 0 Å². The molecule has 1 atom stereocenters. The van der Waals surface area contributed by atoms with Crippen LogP contribution in [0.15, 0.2) is 0 Å². The van der Waals surface area contributed by atoms with E-state index in [-0.39, 0.29) is 16.9 Å². The number of sulfone groups is 1. The number of carbonyl (C=O) groups excluding carboxylic acids is 4. The molecular formula is C23H37N3O7S. The monoisotopic (exact) mass is 499 g/mol. The molecule has 0 aromatic carbocycles. The molecule has 1 spiro atoms. The van der Waals surface area contributed by atoms with Gasteiger partial charge in [-0.15, -0.1) is 0 Å². The molecule has 1 N–H and O–H groups in total. The molecule has 3 fully saturated rings. The molecule has 1 aliphatic carbocycles. The topological polar surface area (TPSA) is 130 Å². The Hall–Kier alpha value is -2.17. The van der Waals surface area contributed by atoms with Crippen LogP contribution in [-0.2, 0) is 29.0 Å². The van der Waals surface area contributed by atoms with E-state index in [1.54, 1.807) is 6.92 Å². The van der Waals surface area contributed by atoms with Gasteiger partial charge in [-0.25, -0.2) is 13.2 Å². The molecule has 192 valence electrons. The van der Waals surface area contributed by atoms with Crippen molar-refractivity contribution in [3.8, 4) is 0 Å². The number of ether oxygens (including phenoxy) is 1. The fourth-order valence-corrected chi connectivity index (χ4v) is 7.13. The first-order chi connectivity index (χ1) is 15.8. The predicted octanol–water partition coefficient (Wildman–Crippen LogP) is 1.48. The highest BCUT2D eigenvalue weighted by Gasteiger charge is 2.54. The Morgan fingerprint density at radius 1 is 1.18 bits per heavy atom. The molecule has 0 aromatic heterocycles. The summed E-state index contributed by atoms with van der Waals surface area (Å²) in [7, 11) is -3.16. The minimum Gasteiger partial charge on any atom is -0.454 e. The largest absolute Gasteiger partial charge is 0.454 e. The molecular weight excluding hydrogens is 462 g/mol. The highest BCUT2D eigenvalue weighted by atomic mass is 32.2. The van der Waals surface area contributed by atoms with Crippen LogP contribution in [0.1, 0.15) is 66.2 Å². The van der Waals surface area contributed by atoms with Crippen molar-refractivity contribution in [3.05, 3.63) is 0 Å². The summed E-state index contributed by atoms with van der Waals surface area (Å²) in [6, 6.07) is -1.05. The summed E-state index contributed by atoms with van der Waals surface area (Å²) in [5, 5.41) is 2.80. The van der Waals surface area contributed by atoms with Crippen LogP contribution in [0.3, 0.4) is 0 Å². The van der Waals surface area contributed by atoms with E-state index in [9.17, 15) is 27.6 Å². The van der Waals surface area contributed by atoms with E-state index >= 15 is 0 Å². The number of imide groups is 1. The quantitative estimate of drug-likeness (QED) is 0.395. The number of rotatable bonds is 8. The van der Waals surface area contributed by atoms with Crippen LogP contribution in [0.2, 0.25) is 0 Å². The summed E-state index contributed by atoms with van der Waals surface area (Å²) in [5.74, 6) is -1.37. The van der Waals surface area contributed by atoms with Gasteiger partial charge >= 0.3 is 12.0 Å². The predicted molar refractivity (Wildman–Crippen MR) is 124 cm³/mol. The number of hydrogen-bond acceptors (Lipinski definition) is 7. The zero-order chi connectivity index (χ0) is 25.3. The van der Waals surface area contributed by atoms with E-state index < -0.39 is 58.4 Å². The van der Waals surface area contributed by atoms with Gasteiger partial charge < -0.3 is 15.0 Å². The Balaban J connectivity index is 1.53. The van der Waals surface area contributed by atoms with Crippen molar-refractivity contribution in [2.75, 3.05) is 31.2 Å². The van der Waals surface area contributed by atoms with Crippen molar-refractivity contribution in [3.63, 3.8) is 0 Å². The van der Waals surface area contributed by atoms with Crippen molar-refractivity contribution in [2.45, 2.75) is 77.8 Å². The third kappa shape index (κ3) is 5.39. The zero-order valence-electron chi connectivity index (χ0n) is 20.6. The molecule has 2 saturated heterocycles. The second kappa shape index (κ2) is 9.83. The smallest absolute Gasteiger partial charge is 0.326 e. The summed E-state index contributed by atoms with van der Waals surface area (Å²) in [5.41, 5.74) is -0.807. The fraction of sp³-hybridized carbons (Fsp3) is 0.826. The molecule has 0 aromatic rings. The number of amides is 4. The van der Waals surface area contributed by atoms with Gasteiger partial charge in [0.15, 0.2) is 16.4 Å². The molecule has 10 nitrogen and oxygen atoms in total. The second-order valence-corrected chi connectivity index (χ2v) is 12.6. The third-order valence-electron chi connectivity index (χ3n) is 8.06. The van der Waals surface area contributed by atoms with E-state index in [2.05, 4.69) is 26.1 Å². The first-order valence-electron chi connectivity index (χ1n) is 12.1. The van der Waals surface area contributed by atoms with Crippen LogP contribution in [0, 0.1) is 11.3 Å². The first kappa shape index (κ1) is 26.4. The van der Waals surface area contributed by atoms with Crippen LogP contribution in [0.5, 0.6) is 0 Å². The number of urea groups is 1. The molecule has 0 bridgehead atoms. The maximum atomic E-state index is 13.1. The molecule has 2 aliphatic heterocycles. The molecule has 1 saturated carbocycles. The minimum atomic E-state index is -3.16. The molecule has 11 heteroatoms. The Morgan fingerprint density at radius 3 is 2.35 bits per heavy atom. The van der Waals surface area contributed by atoms with Gasteiger partial charge in [0.1, 0.15) is 12.1 Å². The third-order valence-corrected chi connectivity index (χ3v) is 9.81. The molecule has 34 heavy (non-hydrogen) atoms. The lowest BCUT2D eigenvalue weighted by Gasteiger charge is -2.42. The number of nitrogens with one attached hydrogen (secondary N) is 1. The van der Waals surface area contributed by atoms with E-state index in [0.29, 0.717) is 31.7 Å². The SMILES string of the molecule is CCN(C(=O)COC(=O)CN1C(=O)NC2(CCC(C(C)(C)CC)CC2)C1=O)C1CCS(=O)(=O)C1. The maximum absolute atomic E-state index is 13.1. The van der Waals surface area contributed by atoms with Gasteiger partial charge in [0.05, 0.1) is 11.5 Å². The summed E-state index contributed by atoms with van der Waals surface area (Å²) in [6.07, 6.45) is 4.11. The average Bonchev–Trinajstić information content (AvgIpc) is 3.24. The van der Waals surface area contributed by atoms with Gasteiger partial charge in [0, 0.05) is 12.6 Å². The van der Waals surface area contributed by atoms with Crippen LogP contribution < -0.4 is 5.32 Å². The first-order valence-corrected chi connectivity index (χ1v) is 14.0. The van der Waals surface area contributed by atoms with Crippen LogP contribution >= 0.6 is 0 Å². The Bertz CT molecular complexity index is 938. The van der Waals surface area contributed by atoms with Crippen LogP contribution in [0.25, 0.3) is 0 Å². The number of hydrogen-bond donors (Lipinski definition) is 1. The fourth-order valence-electron chi connectivity index (χ4n) is 5.40. The summed E-state index contributed by atoms with van der Waals surface area (Å²) < 4.78 is 28.5. The number of esters is 1. The van der Waals surface area contributed by atoms with Crippen molar-refractivity contribution in [1.29, 1.82) is 0 Å². The Morgan fingerprint density at radius 2 is 1.82 bits per heavy atom. The van der Waals surface area contributed by atoms with Crippen LogP contribution in [0.4, 0.5) is 4.79 Å². The Labute approximate surface area is 201 Å². The van der Waals surface area contributed by atoms with E-state index in [1.165, 1.54) is 4.90 Å². The Kier molecular flexibility index (Phi) is 7.64. The zero-order valence-corrected chi connectivity index (χ0v) is 21.4. The van der Waals surface area contributed by atoms with Crippen LogP contribution in [-0.4, -0.2) is 84.8 Å². The molecule has 3 rings (SSSR count). The van der Waals surface area contributed by atoms with Crippen molar-refractivity contribution in [1.82, 2.24) is 15.1 Å². The lowest BCUT2D eigenvalue weighted by Crippen LogP contribution is -2.51. The highest BCUT2D eigenvalue weighted by molar-refractivity contribution is 7.91. The van der Waals surface area contributed by atoms with Gasteiger partial charge in [0.25, 0.3) is 11.8 Å². The molecule has 3 aliphatic rings. The molecule has 1 unspecified atom stereocenters. The van der Waals surface area contributed by atoms with Crippen molar-refractivity contribution >= 4 is 33.7 Å². The van der Waals surface area contributed by atoms with Gasteiger partial charge in [-0.1, -0.05) is 27.2 Å². The van der Waals surface area contributed by atoms with Gasteiger partial charge in [-0.3, -0.25) is 19.3 Å². The lowest BCUT2D eigenvalue weighted by atomic mass is 9.65. The second-order valence-electron chi connectivity index (χ2n) is 10.4. The van der Waals surface area contributed by atoms with Gasteiger partial charge in [-0.2, -0.15) is 0 Å². The van der Waals surface area contributed by atoms with E-state index in [0.717, 1.165) is 24.2 Å². The number of likely N-dealkylation sites (N-methyl/N-ethyl adjacent to an activating group) is 1. The van der Waals surface area contributed by atoms with E-state index in [4.69, 9.17) is 4.74 Å². The molecule has 4 amide bonds. The lowest BCUT2D eigenvalue weighted by molar-refractivity contribution is -0.154. The molecule has 2 heterocycles. The minimum absolute atomic E-state index is 0.0336.